The predicted octanol–water partition coefficient (Wildman–Crippen LogP) is 1.58. The topological polar surface area (TPSA) is 58.3 Å². The molecule has 2 heterocycles. The lowest BCUT2D eigenvalue weighted by Gasteiger charge is -2.36. The summed E-state index contributed by atoms with van der Waals surface area (Å²) < 4.78 is 1.92. The van der Waals surface area contributed by atoms with Gasteiger partial charge < -0.3 is 14.8 Å². The number of guanidine groups is 1. The summed E-state index contributed by atoms with van der Waals surface area (Å²) in [6.07, 6.45) is 1.71. The minimum absolute atomic E-state index is 0. The van der Waals surface area contributed by atoms with Crippen LogP contribution in [-0.4, -0.2) is 56.8 Å². The van der Waals surface area contributed by atoms with E-state index in [9.17, 15) is 0 Å². The van der Waals surface area contributed by atoms with Crippen LogP contribution in [0.3, 0.4) is 0 Å². The van der Waals surface area contributed by atoms with Gasteiger partial charge in [-0.25, -0.2) is 0 Å². The summed E-state index contributed by atoms with van der Waals surface area (Å²) >= 11 is 2.07. The number of hydrogen-bond donors (Lipinski definition) is 1. The van der Waals surface area contributed by atoms with Gasteiger partial charge in [-0.3, -0.25) is 4.99 Å². The summed E-state index contributed by atoms with van der Waals surface area (Å²) in [4.78, 5) is 6.74. The smallest absolute Gasteiger partial charge is 0.194 e. The van der Waals surface area contributed by atoms with Crippen LogP contribution < -0.4 is 5.32 Å². The Bertz CT molecular complexity index is 461. The van der Waals surface area contributed by atoms with Crippen molar-refractivity contribution in [2.24, 2.45) is 18.0 Å². The minimum atomic E-state index is 0. The Kier molecular flexibility index (Phi) is 7.78. The monoisotopic (exact) mass is 424 g/mol. The van der Waals surface area contributed by atoms with Gasteiger partial charge in [-0.2, -0.15) is 11.8 Å². The van der Waals surface area contributed by atoms with Gasteiger partial charge in [-0.15, -0.1) is 34.2 Å². The Morgan fingerprint density at radius 3 is 2.90 bits per heavy atom. The largest absolute Gasteiger partial charge is 0.349 e. The third kappa shape index (κ3) is 5.01. The molecular weight excluding hydrogens is 399 g/mol. The van der Waals surface area contributed by atoms with Gasteiger partial charge in [0, 0.05) is 38.2 Å². The second kappa shape index (κ2) is 8.82. The van der Waals surface area contributed by atoms with Crippen LogP contribution >= 0.6 is 35.7 Å². The van der Waals surface area contributed by atoms with Crippen LogP contribution in [0, 0.1) is 5.92 Å². The zero-order chi connectivity index (χ0) is 14.5. The second-order valence-corrected chi connectivity index (χ2v) is 6.71. The Balaban J connectivity index is 0.00000220. The molecule has 0 saturated carbocycles. The van der Waals surface area contributed by atoms with E-state index < -0.39 is 0 Å². The van der Waals surface area contributed by atoms with Crippen molar-refractivity contribution in [3.05, 3.63) is 12.2 Å². The normalized spacial score (nSPS) is 19.6. The molecule has 120 valence electrons. The molecule has 0 amide bonds. The van der Waals surface area contributed by atoms with Crippen molar-refractivity contribution in [2.45, 2.75) is 25.6 Å². The van der Waals surface area contributed by atoms with E-state index in [1.165, 1.54) is 0 Å². The lowest BCUT2D eigenvalue weighted by Crippen LogP contribution is -2.48. The summed E-state index contributed by atoms with van der Waals surface area (Å²) in [5, 5.41) is 12.0. The molecule has 6 nitrogen and oxygen atoms in total. The first-order valence-electron chi connectivity index (χ1n) is 7.02. The third-order valence-corrected chi connectivity index (χ3v) is 5.10. The highest BCUT2D eigenvalue weighted by Crippen LogP contribution is 2.24. The molecule has 1 saturated heterocycles. The summed E-state index contributed by atoms with van der Waals surface area (Å²) in [7, 11) is 3.79. The van der Waals surface area contributed by atoms with Crippen molar-refractivity contribution in [3.63, 3.8) is 0 Å². The lowest BCUT2D eigenvalue weighted by atomic mass is 10.1. The summed E-state index contributed by atoms with van der Waals surface area (Å²) in [6.45, 7) is 7.33. The maximum atomic E-state index is 4.40. The molecule has 2 rings (SSSR count). The molecule has 1 fully saturated rings. The minimum Gasteiger partial charge on any atom is -0.349 e. The molecule has 1 unspecified atom stereocenters. The lowest BCUT2D eigenvalue weighted by molar-refractivity contribution is 0.380. The van der Waals surface area contributed by atoms with E-state index in [0.29, 0.717) is 17.7 Å². The van der Waals surface area contributed by atoms with Crippen LogP contribution in [0.25, 0.3) is 0 Å². The number of nitrogens with one attached hydrogen (secondary N) is 1. The number of halogens is 1. The second-order valence-electron chi connectivity index (χ2n) is 5.36. The first-order chi connectivity index (χ1) is 9.61. The number of aromatic nitrogens is 3. The zero-order valence-corrected chi connectivity index (χ0v) is 16.3. The maximum absolute atomic E-state index is 4.40. The summed E-state index contributed by atoms with van der Waals surface area (Å²) in [5.74, 6) is 3.73. The van der Waals surface area contributed by atoms with Gasteiger partial charge in [0.1, 0.15) is 6.33 Å². The molecule has 1 aliphatic heterocycles. The summed E-state index contributed by atoms with van der Waals surface area (Å²) in [6, 6.07) is 0. The molecule has 1 aliphatic rings. The SMILES string of the molecule is CN=C(NCc1nncn1C)N1CCSC(C(C)C)C1.I. The fraction of sp³-hybridized carbons (Fsp3) is 0.769. The first-order valence-corrected chi connectivity index (χ1v) is 8.06. The van der Waals surface area contributed by atoms with Crippen molar-refractivity contribution in [1.29, 1.82) is 0 Å². The molecular formula is C13H25IN6S. The Labute approximate surface area is 148 Å². The van der Waals surface area contributed by atoms with Gasteiger partial charge >= 0.3 is 0 Å². The van der Waals surface area contributed by atoms with Crippen LogP contribution in [0.5, 0.6) is 0 Å². The number of thioether (sulfide) groups is 1. The Hall–Kier alpha value is -0.510. The van der Waals surface area contributed by atoms with Gasteiger partial charge in [-0.1, -0.05) is 13.8 Å². The standard InChI is InChI=1S/C13H24N6S.HI/c1-10(2)11-8-19(5-6-20-11)13(14-3)15-7-12-17-16-9-18(12)4;/h9-11H,5-8H2,1-4H3,(H,14,15);1H. The van der Waals surface area contributed by atoms with Gasteiger partial charge in [0.15, 0.2) is 11.8 Å². The van der Waals surface area contributed by atoms with Crippen LogP contribution in [0.2, 0.25) is 0 Å². The predicted molar refractivity (Wildman–Crippen MR) is 99.3 cm³/mol. The first kappa shape index (κ1) is 18.5. The van der Waals surface area contributed by atoms with Gasteiger partial charge in [-0.05, 0) is 5.92 Å². The third-order valence-electron chi connectivity index (χ3n) is 3.56. The molecule has 1 N–H and O–H groups in total. The molecule has 0 aromatic carbocycles. The quantitative estimate of drug-likeness (QED) is 0.454. The van der Waals surface area contributed by atoms with E-state index in [1.54, 1.807) is 6.33 Å². The number of aliphatic imine (C=N–C) groups is 1. The molecule has 8 heteroatoms. The number of hydrogen-bond acceptors (Lipinski definition) is 4. The van der Waals surface area contributed by atoms with E-state index >= 15 is 0 Å². The van der Waals surface area contributed by atoms with Crippen LogP contribution in [-0.2, 0) is 13.6 Å². The summed E-state index contributed by atoms with van der Waals surface area (Å²) in [5.41, 5.74) is 0. The van der Waals surface area contributed by atoms with E-state index in [-0.39, 0.29) is 24.0 Å². The van der Waals surface area contributed by atoms with Gasteiger partial charge in [0.2, 0.25) is 0 Å². The number of nitrogens with zero attached hydrogens (tertiary/aromatic N) is 5. The highest BCUT2D eigenvalue weighted by molar-refractivity contribution is 14.0. The van der Waals surface area contributed by atoms with Crippen LogP contribution in [0.15, 0.2) is 11.3 Å². The van der Waals surface area contributed by atoms with Crippen LogP contribution in [0.1, 0.15) is 19.7 Å². The molecule has 0 spiro atoms. The van der Waals surface area contributed by atoms with Crippen molar-refractivity contribution in [3.8, 4) is 0 Å². The molecule has 1 aromatic rings. The van der Waals surface area contributed by atoms with Crippen LogP contribution in [0.4, 0.5) is 0 Å². The van der Waals surface area contributed by atoms with Crippen molar-refractivity contribution < 1.29 is 0 Å². The van der Waals surface area contributed by atoms with Gasteiger partial charge in [0.05, 0.1) is 6.54 Å². The zero-order valence-electron chi connectivity index (χ0n) is 13.1. The number of aryl methyl sites for hydroxylation is 1. The average molecular weight is 424 g/mol. The maximum Gasteiger partial charge on any atom is 0.194 e. The van der Waals surface area contributed by atoms with E-state index in [4.69, 9.17) is 0 Å². The molecule has 1 atom stereocenters. The van der Waals surface area contributed by atoms with Crippen molar-refractivity contribution >= 4 is 41.7 Å². The fourth-order valence-electron chi connectivity index (χ4n) is 2.23. The van der Waals surface area contributed by atoms with Crippen molar-refractivity contribution in [2.75, 3.05) is 25.9 Å². The fourth-order valence-corrected chi connectivity index (χ4v) is 3.53. The van der Waals surface area contributed by atoms with E-state index in [1.807, 2.05) is 18.7 Å². The molecule has 21 heavy (non-hydrogen) atoms. The molecule has 0 aliphatic carbocycles. The van der Waals surface area contributed by atoms with E-state index in [2.05, 4.69) is 51.0 Å². The number of rotatable bonds is 3. The van der Waals surface area contributed by atoms with Crippen molar-refractivity contribution in [1.82, 2.24) is 25.0 Å². The highest BCUT2D eigenvalue weighted by atomic mass is 127. The van der Waals surface area contributed by atoms with E-state index in [0.717, 1.165) is 30.6 Å². The average Bonchev–Trinajstić information content (AvgIpc) is 2.85. The molecule has 0 radical (unpaired) electrons. The Morgan fingerprint density at radius 2 is 2.33 bits per heavy atom. The van der Waals surface area contributed by atoms with Gasteiger partial charge in [0.25, 0.3) is 0 Å². The highest BCUT2D eigenvalue weighted by Gasteiger charge is 2.24. The Morgan fingerprint density at radius 1 is 1.57 bits per heavy atom. The molecule has 0 bridgehead atoms. The molecule has 1 aromatic heterocycles.